The molecule has 110 valence electrons. The third-order valence-corrected chi connectivity index (χ3v) is 2.66. The Morgan fingerprint density at radius 1 is 1.20 bits per heavy atom. The second kappa shape index (κ2) is 6.93. The van der Waals surface area contributed by atoms with Crippen LogP contribution in [0.15, 0.2) is 24.3 Å². The maximum absolute atomic E-state index is 11.6. The van der Waals surface area contributed by atoms with Crippen molar-refractivity contribution in [2.45, 2.75) is 27.2 Å². The topological polar surface area (TPSA) is 75.6 Å². The Morgan fingerprint density at radius 3 is 2.30 bits per heavy atom. The molecule has 0 saturated heterocycles. The number of ether oxygens (including phenoxy) is 1. The second-order valence-electron chi connectivity index (χ2n) is 5.54. The molecule has 5 heteroatoms. The van der Waals surface area contributed by atoms with E-state index in [9.17, 15) is 9.59 Å². The number of rotatable bonds is 6. The lowest BCUT2D eigenvalue weighted by Gasteiger charge is -2.17. The van der Waals surface area contributed by atoms with Crippen LogP contribution in [0.2, 0.25) is 0 Å². The van der Waals surface area contributed by atoms with Crippen molar-refractivity contribution in [3.05, 3.63) is 29.8 Å². The van der Waals surface area contributed by atoms with Crippen molar-refractivity contribution in [2.75, 3.05) is 13.2 Å². The number of benzene rings is 1. The van der Waals surface area contributed by atoms with Crippen LogP contribution in [0.4, 0.5) is 0 Å². The first kappa shape index (κ1) is 16.0. The fourth-order valence-electron chi connectivity index (χ4n) is 1.42. The Bertz CT molecular complexity index is 460. The predicted octanol–water partition coefficient (Wildman–Crippen LogP) is 2.32. The van der Waals surface area contributed by atoms with Gasteiger partial charge in [0, 0.05) is 12.0 Å². The van der Waals surface area contributed by atoms with Gasteiger partial charge in [-0.25, -0.2) is 4.79 Å². The number of carboxylic acids is 1. The molecule has 5 nitrogen and oxygen atoms in total. The summed E-state index contributed by atoms with van der Waals surface area (Å²) < 4.78 is 5.46. The van der Waals surface area contributed by atoms with Gasteiger partial charge in [0.25, 0.3) is 0 Å². The first-order chi connectivity index (χ1) is 9.30. The minimum atomic E-state index is -0.957. The number of nitrogens with one attached hydrogen (secondary N) is 1. The SMILES string of the molecule is CC(C)(C)C(=O)NCCCOc1ccc(C(=O)O)cc1. The fraction of sp³-hybridized carbons (Fsp3) is 0.467. The molecule has 0 spiro atoms. The standard InChI is InChI=1S/C15H21NO4/c1-15(2,3)14(19)16-9-4-10-20-12-7-5-11(6-8-12)13(17)18/h5-8H,4,9-10H2,1-3H3,(H,16,19)(H,17,18). The van der Waals surface area contributed by atoms with E-state index in [1.807, 2.05) is 20.8 Å². The Hall–Kier alpha value is -2.04. The maximum Gasteiger partial charge on any atom is 0.335 e. The van der Waals surface area contributed by atoms with Gasteiger partial charge in [-0.15, -0.1) is 0 Å². The molecule has 0 aliphatic carbocycles. The maximum atomic E-state index is 11.6. The largest absolute Gasteiger partial charge is 0.494 e. The Kier molecular flexibility index (Phi) is 5.55. The number of aromatic carboxylic acids is 1. The van der Waals surface area contributed by atoms with E-state index in [1.54, 1.807) is 12.1 Å². The van der Waals surface area contributed by atoms with E-state index in [2.05, 4.69) is 5.32 Å². The number of hydrogen-bond donors (Lipinski definition) is 2. The molecule has 0 saturated carbocycles. The second-order valence-corrected chi connectivity index (χ2v) is 5.54. The summed E-state index contributed by atoms with van der Waals surface area (Å²) in [5.41, 5.74) is -0.150. The van der Waals surface area contributed by atoms with Crippen LogP contribution in [0.1, 0.15) is 37.6 Å². The summed E-state index contributed by atoms with van der Waals surface area (Å²) in [5, 5.41) is 11.6. The summed E-state index contributed by atoms with van der Waals surface area (Å²) in [5.74, 6) is -0.318. The van der Waals surface area contributed by atoms with Crippen molar-refractivity contribution in [3.8, 4) is 5.75 Å². The number of hydrogen-bond acceptors (Lipinski definition) is 3. The van der Waals surface area contributed by atoms with Gasteiger partial charge < -0.3 is 15.2 Å². The highest BCUT2D eigenvalue weighted by atomic mass is 16.5. The summed E-state index contributed by atoms with van der Waals surface area (Å²) in [4.78, 5) is 22.3. The predicted molar refractivity (Wildman–Crippen MR) is 76.0 cm³/mol. The lowest BCUT2D eigenvalue weighted by Crippen LogP contribution is -2.35. The van der Waals surface area contributed by atoms with Crippen molar-refractivity contribution in [3.63, 3.8) is 0 Å². The van der Waals surface area contributed by atoms with Gasteiger partial charge in [-0.2, -0.15) is 0 Å². The average molecular weight is 279 g/mol. The van der Waals surface area contributed by atoms with Crippen LogP contribution in [0.5, 0.6) is 5.75 Å². The fourth-order valence-corrected chi connectivity index (χ4v) is 1.42. The summed E-state index contributed by atoms with van der Waals surface area (Å²) in [7, 11) is 0. The number of carbonyl (C=O) groups excluding carboxylic acids is 1. The quantitative estimate of drug-likeness (QED) is 0.784. The summed E-state index contributed by atoms with van der Waals surface area (Å²) in [6, 6.07) is 6.24. The van der Waals surface area contributed by atoms with E-state index in [0.29, 0.717) is 25.3 Å². The first-order valence-electron chi connectivity index (χ1n) is 6.55. The number of carboxylic acid groups (broad SMARTS) is 1. The van der Waals surface area contributed by atoms with Gasteiger partial charge in [-0.05, 0) is 30.7 Å². The normalized spacial score (nSPS) is 10.9. The van der Waals surface area contributed by atoms with E-state index < -0.39 is 5.97 Å². The van der Waals surface area contributed by atoms with E-state index in [0.717, 1.165) is 0 Å². The zero-order chi connectivity index (χ0) is 15.2. The minimum absolute atomic E-state index is 0.0170. The van der Waals surface area contributed by atoms with Crippen molar-refractivity contribution < 1.29 is 19.4 Å². The monoisotopic (exact) mass is 279 g/mol. The van der Waals surface area contributed by atoms with E-state index in [1.165, 1.54) is 12.1 Å². The molecule has 0 aromatic heterocycles. The van der Waals surface area contributed by atoms with Gasteiger partial charge >= 0.3 is 5.97 Å². The smallest absolute Gasteiger partial charge is 0.335 e. The molecule has 1 aromatic carbocycles. The molecule has 0 radical (unpaired) electrons. The number of amides is 1. The van der Waals surface area contributed by atoms with E-state index >= 15 is 0 Å². The Labute approximate surface area is 118 Å². The van der Waals surface area contributed by atoms with Gasteiger partial charge in [-0.1, -0.05) is 20.8 Å². The van der Waals surface area contributed by atoms with Gasteiger partial charge in [-0.3, -0.25) is 4.79 Å². The van der Waals surface area contributed by atoms with Gasteiger partial charge in [0.05, 0.1) is 12.2 Å². The zero-order valence-electron chi connectivity index (χ0n) is 12.1. The van der Waals surface area contributed by atoms with Gasteiger partial charge in [0.15, 0.2) is 0 Å². The third kappa shape index (κ3) is 5.30. The van der Waals surface area contributed by atoms with Crippen LogP contribution in [-0.4, -0.2) is 30.1 Å². The molecule has 2 N–H and O–H groups in total. The molecular weight excluding hydrogens is 258 g/mol. The highest BCUT2D eigenvalue weighted by Gasteiger charge is 2.20. The van der Waals surface area contributed by atoms with E-state index in [-0.39, 0.29) is 16.9 Å². The zero-order valence-corrected chi connectivity index (χ0v) is 12.1. The van der Waals surface area contributed by atoms with Crippen molar-refractivity contribution in [1.29, 1.82) is 0 Å². The molecule has 1 aromatic rings. The molecule has 0 heterocycles. The summed E-state index contributed by atoms with van der Waals surface area (Å²) in [6.45, 7) is 6.62. The van der Waals surface area contributed by atoms with Crippen molar-refractivity contribution >= 4 is 11.9 Å². The molecular formula is C15H21NO4. The lowest BCUT2D eigenvalue weighted by atomic mass is 9.96. The molecule has 0 unspecified atom stereocenters. The molecule has 1 rings (SSSR count). The van der Waals surface area contributed by atoms with Crippen LogP contribution in [0.25, 0.3) is 0 Å². The van der Waals surface area contributed by atoms with Crippen LogP contribution in [0.3, 0.4) is 0 Å². The molecule has 0 aliphatic rings. The average Bonchev–Trinajstić information content (AvgIpc) is 2.37. The molecule has 0 fully saturated rings. The van der Waals surface area contributed by atoms with Crippen LogP contribution < -0.4 is 10.1 Å². The minimum Gasteiger partial charge on any atom is -0.494 e. The van der Waals surface area contributed by atoms with Crippen LogP contribution >= 0.6 is 0 Å². The number of carbonyl (C=O) groups is 2. The third-order valence-electron chi connectivity index (χ3n) is 2.66. The molecule has 1 amide bonds. The Balaban J connectivity index is 2.25. The van der Waals surface area contributed by atoms with Gasteiger partial charge in [0.2, 0.25) is 5.91 Å². The van der Waals surface area contributed by atoms with E-state index in [4.69, 9.17) is 9.84 Å². The molecule has 20 heavy (non-hydrogen) atoms. The van der Waals surface area contributed by atoms with Gasteiger partial charge in [0.1, 0.15) is 5.75 Å². The molecule has 0 aliphatic heterocycles. The van der Waals surface area contributed by atoms with Crippen LogP contribution in [0, 0.1) is 5.41 Å². The lowest BCUT2D eigenvalue weighted by molar-refractivity contribution is -0.128. The highest BCUT2D eigenvalue weighted by molar-refractivity contribution is 5.87. The molecule has 0 bridgehead atoms. The van der Waals surface area contributed by atoms with Crippen molar-refractivity contribution in [2.24, 2.45) is 5.41 Å². The van der Waals surface area contributed by atoms with Crippen molar-refractivity contribution in [1.82, 2.24) is 5.32 Å². The first-order valence-corrected chi connectivity index (χ1v) is 6.55. The Morgan fingerprint density at radius 2 is 1.80 bits per heavy atom. The summed E-state index contributed by atoms with van der Waals surface area (Å²) in [6.07, 6.45) is 0.697. The highest BCUT2D eigenvalue weighted by Crippen LogP contribution is 2.13. The summed E-state index contributed by atoms with van der Waals surface area (Å²) >= 11 is 0. The molecule has 0 atom stereocenters. The van der Waals surface area contributed by atoms with Crippen LogP contribution in [-0.2, 0) is 4.79 Å².